The second-order valence-corrected chi connectivity index (χ2v) is 3.39. The molecule has 1 atom stereocenters. The second kappa shape index (κ2) is 3.80. The fourth-order valence-corrected chi connectivity index (χ4v) is 1.64. The molecular formula is C11H12O3. The molecule has 1 aliphatic rings. The minimum atomic E-state index is -0.189. The fourth-order valence-electron chi connectivity index (χ4n) is 1.64. The first-order valence-electron chi connectivity index (χ1n) is 4.60. The maximum Gasteiger partial charge on any atom is 0.317 e. The normalized spacial score (nSPS) is 20.1. The number of esters is 1. The van der Waals surface area contributed by atoms with E-state index < -0.39 is 0 Å². The van der Waals surface area contributed by atoms with Gasteiger partial charge >= 0.3 is 5.97 Å². The molecule has 0 saturated heterocycles. The van der Waals surface area contributed by atoms with Gasteiger partial charge < -0.3 is 9.47 Å². The van der Waals surface area contributed by atoms with Crippen molar-refractivity contribution in [1.29, 1.82) is 0 Å². The fraction of sp³-hybridized carbons (Fsp3) is 0.364. The van der Waals surface area contributed by atoms with Crippen LogP contribution in [0.15, 0.2) is 24.3 Å². The summed E-state index contributed by atoms with van der Waals surface area (Å²) in [4.78, 5) is 11.4. The van der Waals surface area contributed by atoms with Gasteiger partial charge in [0.2, 0.25) is 0 Å². The Balaban J connectivity index is 2.22. The van der Waals surface area contributed by atoms with E-state index in [2.05, 4.69) is 0 Å². The summed E-state index contributed by atoms with van der Waals surface area (Å²) < 4.78 is 10.1. The van der Waals surface area contributed by atoms with Crippen molar-refractivity contribution in [3.8, 4) is 5.75 Å². The van der Waals surface area contributed by atoms with Crippen LogP contribution in [0.4, 0.5) is 0 Å². The van der Waals surface area contributed by atoms with E-state index >= 15 is 0 Å². The van der Waals surface area contributed by atoms with Crippen LogP contribution in [-0.4, -0.2) is 19.7 Å². The van der Waals surface area contributed by atoms with Gasteiger partial charge in [-0.25, -0.2) is 0 Å². The summed E-state index contributed by atoms with van der Waals surface area (Å²) in [6, 6.07) is 7.60. The highest BCUT2D eigenvalue weighted by Crippen LogP contribution is 2.27. The standard InChI is InChI=1S/C11H12O3/c1-13-7-9-6-8-4-2-3-5-10(8)14-11(9)12/h2-5,9H,6-7H2,1H3. The molecule has 0 saturated carbocycles. The van der Waals surface area contributed by atoms with Gasteiger partial charge in [0.1, 0.15) is 5.75 Å². The van der Waals surface area contributed by atoms with Crippen molar-refractivity contribution in [3.63, 3.8) is 0 Å². The van der Waals surface area contributed by atoms with E-state index in [1.165, 1.54) is 0 Å². The molecule has 1 aromatic rings. The van der Waals surface area contributed by atoms with Crippen molar-refractivity contribution in [1.82, 2.24) is 0 Å². The molecule has 0 N–H and O–H groups in total. The molecule has 0 radical (unpaired) electrons. The average Bonchev–Trinajstić information content (AvgIpc) is 2.19. The highest BCUT2D eigenvalue weighted by molar-refractivity contribution is 5.78. The van der Waals surface area contributed by atoms with Crippen LogP contribution in [0.2, 0.25) is 0 Å². The highest BCUT2D eigenvalue weighted by Gasteiger charge is 2.27. The predicted molar refractivity (Wildman–Crippen MR) is 51.1 cm³/mol. The topological polar surface area (TPSA) is 35.5 Å². The molecule has 0 amide bonds. The quantitative estimate of drug-likeness (QED) is 0.525. The van der Waals surface area contributed by atoms with Crippen LogP contribution < -0.4 is 4.74 Å². The lowest BCUT2D eigenvalue weighted by Gasteiger charge is -2.22. The Hall–Kier alpha value is -1.35. The third-order valence-electron chi connectivity index (χ3n) is 2.35. The van der Waals surface area contributed by atoms with E-state index in [1.54, 1.807) is 7.11 Å². The Labute approximate surface area is 82.6 Å². The van der Waals surface area contributed by atoms with Gasteiger partial charge in [0.05, 0.1) is 12.5 Å². The number of ether oxygens (including phenoxy) is 2. The first-order chi connectivity index (χ1) is 6.81. The molecule has 2 rings (SSSR count). The zero-order valence-electron chi connectivity index (χ0n) is 8.03. The largest absolute Gasteiger partial charge is 0.426 e. The van der Waals surface area contributed by atoms with Gasteiger partial charge in [0.25, 0.3) is 0 Å². The lowest BCUT2D eigenvalue weighted by molar-refractivity contribution is -0.141. The summed E-state index contributed by atoms with van der Waals surface area (Å²) in [5.74, 6) is 0.338. The van der Waals surface area contributed by atoms with E-state index in [0.717, 1.165) is 5.56 Å². The van der Waals surface area contributed by atoms with Gasteiger partial charge in [-0.05, 0) is 18.1 Å². The summed E-state index contributed by atoms with van der Waals surface area (Å²) >= 11 is 0. The molecule has 1 heterocycles. The number of rotatable bonds is 2. The van der Waals surface area contributed by atoms with Crippen LogP contribution in [0.5, 0.6) is 5.75 Å². The highest BCUT2D eigenvalue weighted by atomic mass is 16.5. The Kier molecular flexibility index (Phi) is 2.50. The number of carbonyl (C=O) groups is 1. The molecule has 0 bridgehead atoms. The third kappa shape index (κ3) is 1.63. The van der Waals surface area contributed by atoms with E-state index in [0.29, 0.717) is 18.8 Å². The number of carbonyl (C=O) groups excluding carboxylic acids is 1. The molecule has 0 aromatic heterocycles. The molecule has 74 valence electrons. The zero-order chi connectivity index (χ0) is 9.97. The van der Waals surface area contributed by atoms with Crippen LogP contribution >= 0.6 is 0 Å². The molecule has 1 aliphatic heterocycles. The first-order valence-corrected chi connectivity index (χ1v) is 4.60. The molecule has 3 nitrogen and oxygen atoms in total. The van der Waals surface area contributed by atoms with E-state index in [1.807, 2.05) is 24.3 Å². The number of para-hydroxylation sites is 1. The maximum absolute atomic E-state index is 11.4. The third-order valence-corrected chi connectivity index (χ3v) is 2.35. The second-order valence-electron chi connectivity index (χ2n) is 3.39. The molecule has 3 heteroatoms. The van der Waals surface area contributed by atoms with Crippen molar-refractivity contribution in [2.75, 3.05) is 13.7 Å². The van der Waals surface area contributed by atoms with E-state index in [9.17, 15) is 4.79 Å². The van der Waals surface area contributed by atoms with Gasteiger partial charge in [-0.3, -0.25) is 4.79 Å². The van der Waals surface area contributed by atoms with Gasteiger partial charge in [-0.2, -0.15) is 0 Å². The molecule has 14 heavy (non-hydrogen) atoms. The Morgan fingerprint density at radius 3 is 3.07 bits per heavy atom. The number of hydrogen-bond donors (Lipinski definition) is 0. The Morgan fingerprint density at radius 2 is 2.29 bits per heavy atom. The summed E-state index contributed by atoms with van der Waals surface area (Å²) in [7, 11) is 1.59. The van der Waals surface area contributed by atoms with Gasteiger partial charge in [0, 0.05) is 7.11 Å². The smallest absolute Gasteiger partial charge is 0.317 e. The zero-order valence-corrected chi connectivity index (χ0v) is 8.03. The summed E-state index contributed by atoms with van der Waals surface area (Å²) in [5, 5.41) is 0. The van der Waals surface area contributed by atoms with Gasteiger partial charge in [-0.15, -0.1) is 0 Å². The van der Waals surface area contributed by atoms with Crippen LogP contribution in [0, 0.1) is 5.92 Å². The van der Waals surface area contributed by atoms with Crippen molar-refractivity contribution >= 4 is 5.97 Å². The van der Waals surface area contributed by atoms with Crippen LogP contribution in [0.1, 0.15) is 5.56 Å². The Bertz CT molecular complexity index is 346. The number of fused-ring (bicyclic) bond motifs is 1. The molecule has 1 unspecified atom stereocenters. The van der Waals surface area contributed by atoms with E-state index in [-0.39, 0.29) is 11.9 Å². The summed E-state index contributed by atoms with van der Waals surface area (Å²) in [5.41, 5.74) is 1.08. The lowest BCUT2D eigenvalue weighted by atomic mass is 9.97. The van der Waals surface area contributed by atoms with Crippen LogP contribution in [0.25, 0.3) is 0 Å². The van der Waals surface area contributed by atoms with Crippen molar-refractivity contribution < 1.29 is 14.3 Å². The number of benzene rings is 1. The average molecular weight is 192 g/mol. The minimum absolute atomic E-state index is 0.158. The van der Waals surface area contributed by atoms with Gasteiger partial charge in [0.15, 0.2) is 0 Å². The molecule has 0 aliphatic carbocycles. The lowest BCUT2D eigenvalue weighted by Crippen LogP contribution is -2.30. The van der Waals surface area contributed by atoms with Crippen LogP contribution in [0.3, 0.4) is 0 Å². The summed E-state index contributed by atoms with van der Waals surface area (Å²) in [6.07, 6.45) is 0.711. The number of hydrogen-bond acceptors (Lipinski definition) is 3. The van der Waals surface area contributed by atoms with Crippen molar-refractivity contribution in [2.45, 2.75) is 6.42 Å². The monoisotopic (exact) mass is 192 g/mol. The molecule has 0 fully saturated rings. The molecule has 1 aromatic carbocycles. The SMILES string of the molecule is COCC1Cc2ccccc2OC1=O. The van der Waals surface area contributed by atoms with Gasteiger partial charge in [-0.1, -0.05) is 18.2 Å². The van der Waals surface area contributed by atoms with Crippen LogP contribution in [-0.2, 0) is 16.0 Å². The number of methoxy groups -OCH3 is 1. The Morgan fingerprint density at radius 1 is 1.50 bits per heavy atom. The molecule has 0 spiro atoms. The maximum atomic E-state index is 11.4. The van der Waals surface area contributed by atoms with E-state index in [4.69, 9.17) is 9.47 Å². The minimum Gasteiger partial charge on any atom is -0.426 e. The first kappa shape index (κ1) is 9.21. The van der Waals surface area contributed by atoms with Crippen molar-refractivity contribution in [2.24, 2.45) is 5.92 Å². The summed E-state index contributed by atoms with van der Waals surface area (Å²) in [6.45, 7) is 0.424. The van der Waals surface area contributed by atoms with Crippen molar-refractivity contribution in [3.05, 3.63) is 29.8 Å². The predicted octanol–water partition coefficient (Wildman–Crippen LogP) is 1.41. The molecular weight excluding hydrogens is 180 g/mol.